The van der Waals surface area contributed by atoms with Crippen molar-refractivity contribution in [2.45, 2.75) is 103 Å². The minimum Gasteiger partial charge on any atom is -0.474 e. The number of hydrogen-bond donors (Lipinski definition) is 1. The number of nitrogens with zero attached hydrogens (tertiary/aromatic N) is 3. The lowest BCUT2D eigenvalue weighted by molar-refractivity contribution is -0.121. The van der Waals surface area contributed by atoms with E-state index in [1.165, 1.54) is 10.4 Å². The van der Waals surface area contributed by atoms with Gasteiger partial charge in [-0.3, -0.25) is 4.79 Å². The lowest BCUT2D eigenvalue weighted by Gasteiger charge is -2.35. The third-order valence-corrected chi connectivity index (χ3v) is 8.16. The molecule has 0 bridgehead atoms. The molecular formula is C27H40N4O4S. The van der Waals surface area contributed by atoms with Crippen LogP contribution in [-0.4, -0.2) is 58.2 Å². The average Bonchev–Trinajstić information content (AvgIpc) is 3.36. The summed E-state index contributed by atoms with van der Waals surface area (Å²) in [6.45, 7) is 10.6. The summed E-state index contributed by atoms with van der Waals surface area (Å²) in [6, 6.07) is 0.143. The lowest BCUT2D eigenvalue weighted by Crippen LogP contribution is -2.43. The molecule has 1 fully saturated rings. The van der Waals surface area contributed by atoms with Gasteiger partial charge in [-0.25, -0.2) is 14.8 Å². The molecule has 4 rings (SSSR count). The van der Waals surface area contributed by atoms with Gasteiger partial charge in [-0.2, -0.15) is 0 Å². The van der Waals surface area contributed by atoms with E-state index in [0.717, 1.165) is 48.7 Å². The summed E-state index contributed by atoms with van der Waals surface area (Å²) in [5.74, 6) is 1.35. The Kier molecular flexibility index (Phi) is 8.07. The number of aromatic nitrogens is 2. The minimum atomic E-state index is -0.502. The minimum absolute atomic E-state index is 0.0381. The molecule has 0 aliphatic heterocycles. The molecule has 36 heavy (non-hydrogen) atoms. The predicted molar refractivity (Wildman–Crippen MR) is 142 cm³/mol. The monoisotopic (exact) mass is 516 g/mol. The van der Waals surface area contributed by atoms with E-state index >= 15 is 0 Å². The molecule has 198 valence electrons. The second-order valence-corrected chi connectivity index (χ2v) is 12.7. The Morgan fingerprint density at radius 2 is 1.89 bits per heavy atom. The first-order valence-electron chi connectivity index (χ1n) is 13.2. The number of carbonyl (C=O) groups is 2. The van der Waals surface area contributed by atoms with Gasteiger partial charge in [0.15, 0.2) is 0 Å². The maximum absolute atomic E-state index is 12.6. The zero-order valence-corrected chi connectivity index (χ0v) is 23.2. The molecule has 2 aliphatic rings. The third-order valence-electron chi connectivity index (χ3n) is 6.99. The first-order chi connectivity index (χ1) is 17.0. The molecule has 1 atom stereocenters. The molecule has 2 aromatic rings. The number of thiophene rings is 1. The number of nitrogens with one attached hydrogen (secondary N) is 1. The number of carbonyl (C=O) groups excluding carboxylic acids is 2. The quantitative estimate of drug-likeness (QED) is 0.527. The molecule has 2 aromatic heterocycles. The first kappa shape index (κ1) is 26.6. The summed E-state index contributed by atoms with van der Waals surface area (Å²) in [6.07, 6.45) is 7.18. The number of hydrogen-bond acceptors (Lipinski definition) is 7. The maximum Gasteiger partial charge on any atom is 0.410 e. The molecule has 9 heteroatoms. The van der Waals surface area contributed by atoms with Gasteiger partial charge in [0.2, 0.25) is 11.8 Å². The van der Waals surface area contributed by atoms with Gasteiger partial charge < -0.3 is 19.7 Å². The highest BCUT2D eigenvalue weighted by molar-refractivity contribution is 7.19. The van der Waals surface area contributed by atoms with Crippen molar-refractivity contribution in [1.29, 1.82) is 0 Å². The summed E-state index contributed by atoms with van der Waals surface area (Å²) in [7, 11) is 1.82. The highest BCUT2D eigenvalue weighted by Crippen LogP contribution is 2.47. The Hall–Kier alpha value is -2.42. The van der Waals surface area contributed by atoms with Crippen LogP contribution in [-0.2, 0) is 16.0 Å². The van der Waals surface area contributed by atoms with Gasteiger partial charge >= 0.3 is 6.09 Å². The van der Waals surface area contributed by atoms with Crippen molar-refractivity contribution in [2.24, 2.45) is 5.92 Å². The van der Waals surface area contributed by atoms with Crippen molar-refractivity contribution in [3.05, 3.63) is 16.8 Å². The Balaban J connectivity index is 1.42. The fourth-order valence-corrected chi connectivity index (χ4v) is 6.37. The molecule has 8 nitrogen and oxygen atoms in total. The standard InChI is InChI=1S/C27H40N4O4S/c1-16(2)14-28-21(32)13-17-7-12-20-22(17)23-24(29-15-30-25(23)36-20)34-19-10-8-18(9-11-19)31(6)26(33)35-27(3,4)5/h15-19H,7-14H2,1-6H3,(H,28,32)/t17-,18-,19-/m1/s1. The Bertz CT molecular complexity index is 1090. The Morgan fingerprint density at radius 1 is 1.17 bits per heavy atom. The molecule has 2 amide bonds. The van der Waals surface area contributed by atoms with Crippen LogP contribution in [0.3, 0.4) is 0 Å². The van der Waals surface area contributed by atoms with Crippen LogP contribution in [0.5, 0.6) is 5.88 Å². The van der Waals surface area contributed by atoms with Crippen molar-refractivity contribution >= 4 is 33.6 Å². The SMILES string of the molecule is CC(C)CNC(=O)C[C@H]1CCc2sc3ncnc(O[C@H]4CC[C@H](N(C)C(=O)OC(C)(C)C)CC4)c3c21. The van der Waals surface area contributed by atoms with E-state index < -0.39 is 5.60 Å². The van der Waals surface area contributed by atoms with E-state index in [9.17, 15) is 9.59 Å². The smallest absolute Gasteiger partial charge is 0.410 e. The van der Waals surface area contributed by atoms with E-state index in [4.69, 9.17) is 9.47 Å². The average molecular weight is 517 g/mol. The summed E-state index contributed by atoms with van der Waals surface area (Å²) in [4.78, 5) is 38.1. The molecule has 2 heterocycles. The zero-order valence-electron chi connectivity index (χ0n) is 22.4. The number of amides is 2. The number of rotatable bonds is 7. The Labute approximate surface area is 218 Å². The Morgan fingerprint density at radius 3 is 2.56 bits per heavy atom. The summed E-state index contributed by atoms with van der Waals surface area (Å²) < 4.78 is 12.0. The normalized spacial score (nSPS) is 21.9. The number of ether oxygens (including phenoxy) is 2. The third kappa shape index (κ3) is 6.28. The summed E-state index contributed by atoms with van der Waals surface area (Å²) in [5.41, 5.74) is 0.710. The summed E-state index contributed by atoms with van der Waals surface area (Å²) >= 11 is 1.70. The van der Waals surface area contributed by atoms with Gasteiger partial charge in [0.1, 0.15) is 22.9 Å². The second kappa shape index (κ2) is 10.9. The van der Waals surface area contributed by atoms with Crippen LogP contribution in [0, 0.1) is 5.92 Å². The largest absolute Gasteiger partial charge is 0.474 e. The molecular weight excluding hydrogens is 476 g/mol. The van der Waals surface area contributed by atoms with E-state index in [1.54, 1.807) is 22.6 Å². The van der Waals surface area contributed by atoms with Crippen LogP contribution in [0.25, 0.3) is 10.2 Å². The van der Waals surface area contributed by atoms with Gasteiger partial charge in [-0.05, 0) is 76.7 Å². The van der Waals surface area contributed by atoms with Crippen molar-refractivity contribution in [3.8, 4) is 5.88 Å². The van der Waals surface area contributed by atoms with Crippen molar-refractivity contribution in [2.75, 3.05) is 13.6 Å². The van der Waals surface area contributed by atoms with Gasteiger partial charge in [0, 0.05) is 30.9 Å². The highest BCUT2D eigenvalue weighted by atomic mass is 32.1. The topological polar surface area (TPSA) is 93.6 Å². The van der Waals surface area contributed by atoms with Gasteiger partial charge in [0.05, 0.1) is 5.39 Å². The molecule has 0 aromatic carbocycles. The lowest BCUT2D eigenvalue weighted by atomic mass is 9.92. The van der Waals surface area contributed by atoms with E-state index in [2.05, 4.69) is 29.1 Å². The zero-order chi connectivity index (χ0) is 26.0. The molecule has 0 saturated heterocycles. The van der Waals surface area contributed by atoms with Gasteiger partial charge in [0.25, 0.3) is 0 Å². The van der Waals surface area contributed by atoms with Crippen molar-refractivity contribution < 1.29 is 19.1 Å². The van der Waals surface area contributed by atoms with Crippen LogP contribution in [0.15, 0.2) is 6.33 Å². The van der Waals surface area contributed by atoms with Crippen molar-refractivity contribution in [1.82, 2.24) is 20.2 Å². The molecule has 0 unspecified atom stereocenters. The van der Waals surface area contributed by atoms with E-state index in [1.807, 2.05) is 27.8 Å². The van der Waals surface area contributed by atoms with E-state index in [0.29, 0.717) is 24.8 Å². The highest BCUT2D eigenvalue weighted by Gasteiger charge is 2.34. The second-order valence-electron chi connectivity index (χ2n) is 11.6. The van der Waals surface area contributed by atoms with Crippen LogP contribution >= 0.6 is 11.3 Å². The van der Waals surface area contributed by atoms with Crippen molar-refractivity contribution in [3.63, 3.8) is 0 Å². The van der Waals surface area contributed by atoms with Gasteiger partial charge in [-0.1, -0.05) is 13.8 Å². The fraction of sp³-hybridized carbons (Fsp3) is 0.704. The van der Waals surface area contributed by atoms with Crippen LogP contribution < -0.4 is 10.1 Å². The number of fused-ring (bicyclic) bond motifs is 3. The van der Waals surface area contributed by atoms with Crippen LogP contribution in [0.1, 0.15) is 89.5 Å². The van der Waals surface area contributed by atoms with E-state index in [-0.39, 0.29) is 30.1 Å². The number of aryl methyl sites for hydroxylation is 1. The summed E-state index contributed by atoms with van der Waals surface area (Å²) in [5, 5.41) is 4.05. The molecule has 1 N–H and O–H groups in total. The van der Waals surface area contributed by atoms with Crippen LogP contribution in [0.4, 0.5) is 4.79 Å². The predicted octanol–water partition coefficient (Wildman–Crippen LogP) is 5.44. The molecule has 0 spiro atoms. The molecule has 1 saturated carbocycles. The van der Waals surface area contributed by atoms with Gasteiger partial charge in [-0.15, -0.1) is 11.3 Å². The fourth-order valence-electron chi connectivity index (χ4n) is 5.14. The van der Waals surface area contributed by atoms with Crippen LogP contribution in [0.2, 0.25) is 0 Å². The first-order valence-corrected chi connectivity index (χ1v) is 14.0. The maximum atomic E-state index is 12.6. The molecule has 2 aliphatic carbocycles. The molecule has 0 radical (unpaired) electrons.